The molecular formula is C20H18BrFN2O4. The van der Waals surface area contributed by atoms with Crippen molar-refractivity contribution in [1.82, 2.24) is 4.90 Å². The fourth-order valence-electron chi connectivity index (χ4n) is 3.40. The van der Waals surface area contributed by atoms with Gasteiger partial charge < -0.3 is 19.7 Å². The first-order chi connectivity index (χ1) is 13.5. The summed E-state index contributed by atoms with van der Waals surface area (Å²) in [5, 5.41) is 2.89. The molecule has 0 bridgehead atoms. The van der Waals surface area contributed by atoms with Gasteiger partial charge in [0.1, 0.15) is 5.82 Å². The summed E-state index contributed by atoms with van der Waals surface area (Å²) in [7, 11) is 0. The lowest BCUT2D eigenvalue weighted by Gasteiger charge is -2.31. The quantitative estimate of drug-likeness (QED) is 0.774. The zero-order valence-corrected chi connectivity index (χ0v) is 16.5. The van der Waals surface area contributed by atoms with Crippen LogP contribution in [-0.4, -0.2) is 36.6 Å². The number of likely N-dealkylation sites (tertiary alicyclic amines) is 1. The molecule has 1 saturated heterocycles. The molecule has 2 aliphatic rings. The molecule has 0 saturated carbocycles. The van der Waals surface area contributed by atoms with Gasteiger partial charge in [-0.2, -0.15) is 0 Å². The fourth-order valence-corrected chi connectivity index (χ4v) is 3.76. The first kappa shape index (κ1) is 18.7. The van der Waals surface area contributed by atoms with Gasteiger partial charge in [0.25, 0.3) is 5.91 Å². The molecule has 0 unspecified atom stereocenters. The monoisotopic (exact) mass is 448 g/mol. The van der Waals surface area contributed by atoms with E-state index in [0.717, 1.165) is 0 Å². The van der Waals surface area contributed by atoms with Gasteiger partial charge in [-0.3, -0.25) is 9.59 Å². The molecule has 0 aliphatic carbocycles. The smallest absolute Gasteiger partial charge is 0.256 e. The number of halogens is 2. The second-order valence-electron chi connectivity index (χ2n) is 6.75. The molecule has 2 heterocycles. The van der Waals surface area contributed by atoms with Gasteiger partial charge in [-0.25, -0.2) is 4.39 Å². The van der Waals surface area contributed by atoms with Gasteiger partial charge in [-0.15, -0.1) is 0 Å². The number of rotatable bonds is 3. The molecule has 2 aliphatic heterocycles. The van der Waals surface area contributed by atoms with E-state index >= 15 is 0 Å². The van der Waals surface area contributed by atoms with Gasteiger partial charge in [0, 0.05) is 35.2 Å². The first-order valence-corrected chi connectivity index (χ1v) is 9.75. The number of nitrogens with one attached hydrogen (secondary N) is 1. The third-order valence-corrected chi connectivity index (χ3v) is 5.45. The van der Waals surface area contributed by atoms with E-state index in [1.165, 1.54) is 12.1 Å². The molecule has 1 N–H and O–H groups in total. The number of hydrogen-bond acceptors (Lipinski definition) is 4. The zero-order chi connectivity index (χ0) is 19.7. The zero-order valence-electron chi connectivity index (χ0n) is 14.9. The van der Waals surface area contributed by atoms with E-state index in [-0.39, 0.29) is 30.1 Å². The maximum atomic E-state index is 14.0. The third kappa shape index (κ3) is 3.82. The Balaban J connectivity index is 1.35. The molecule has 2 aromatic rings. The van der Waals surface area contributed by atoms with Crippen LogP contribution in [0.1, 0.15) is 23.2 Å². The van der Waals surface area contributed by atoms with Gasteiger partial charge >= 0.3 is 0 Å². The normalized spacial score (nSPS) is 16.1. The van der Waals surface area contributed by atoms with Crippen molar-refractivity contribution < 1.29 is 23.5 Å². The Bertz CT molecular complexity index is 928. The molecule has 8 heteroatoms. The van der Waals surface area contributed by atoms with E-state index in [1.807, 2.05) is 0 Å². The van der Waals surface area contributed by atoms with Crippen molar-refractivity contribution in [3.63, 3.8) is 0 Å². The molecule has 6 nitrogen and oxygen atoms in total. The molecule has 0 atom stereocenters. The van der Waals surface area contributed by atoms with Crippen molar-refractivity contribution in [3.05, 3.63) is 52.3 Å². The van der Waals surface area contributed by atoms with Crippen LogP contribution in [0, 0.1) is 11.7 Å². The van der Waals surface area contributed by atoms with Gasteiger partial charge in [0.05, 0.1) is 5.56 Å². The van der Waals surface area contributed by atoms with Crippen LogP contribution in [0.25, 0.3) is 0 Å². The number of ether oxygens (including phenoxy) is 2. The molecule has 0 aromatic heterocycles. The standard InChI is InChI=1S/C20H18BrFN2O4/c21-13-1-3-16(22)15(9-13)20(26)24-7-5-12(6-8-24)19(25)23-14-2-4-17-18(10-14)28-11-27-17/h1-4,9-10,12H,5-8,11H2,(H,23,25). The van der Waals surface area contributed by atoms with E-state index in [0.29, 0.717) is 47.6 Å². The van der Waals surface area contributed by atoms with Crippen LogP contribution in [0.5, 0.6) is 11.5 Å². The minimum absolute atomic E-state index is 0.0395. The lowest BCUT2D eigenvalue weighted by molar-refractivity contribution is -0.121. The number of benzene rings is 2. The van der Waals surface area contributed by atoms with Gasteiger partial charge in [-0.05, 0) is 43.2 Å². The number of carbonyl (C=O) groups is 2. The summed E-state index contributed by atoms with van der Waals surface area (Å²) in [6, 6.07) is 9.55. The van der Waals surface area contributed by atoms with Crippen LogP contribution in [-0.2, 0) is 4.79 Å². The van der Waals surface area contributed by atoms with Crippen molar-refractivity contribution in [2.75, 3.05) is 25.2 Å². The predicted molar refractivity (Wildman–Crippen MR) is 104 cm³/mol. The summed E-state index contributed by atoms with van der Waals surface area (Å²) in [6.45, 7) is 0.992. The average Bonchev–Trinajstić information content (AvgIpc) is 3.17. The Morgan fingerprint density at radius 3 is 2.61 bits per heavy atom. The lowest BCUT2D eigenvalue weighted by atomic mass is 9.95. The predicted octanol–water partition coefficient (Wildman–Crippen LogP) is 3.81. The Morgan fingerprint density at radius 2 is 1.82 bits per heavy atom. The van der Waals surface area contributed by atoms with Crippen LogP contribution in [0.4, 0.5) is 10.1 Å². The van der Waals surface area contributed by atoms with Crippen molar-refractivity contribution in [3.8, 4) is 11.5 Å². The van der Waals surface area contributed by atoms with Gasteiger partial charge in [-0.1, -0.05) is 15.9 Å². The van der Waals surface area contributed by atoms with Crippen molar-refractivity contribution in [2.24, 2.45) is 5.92 Å². The summed E-state index contributed by atoms with van der Waals surface area (Å²) in [5.74, 6) is 0.0598. The van der Waals surface area contributed by atoms with Crippen molar-refractivity contribution in [2.45, 2.75) is 12.8 Å². The molecule has 1 fully saturated rings. The van der Waals surface area contributed by atoms with Crippen LogP contribution >= 0.6 is 15.9 Å². The second kappa shape index (κ2) is 7.79. The number of anilines is 1. The molecule has 2 amide bonds. The number of piperidine rings is 1. The fraction of sp³-hybridized carbons (Fsp3) is 0.300. The van der Waals surface area contributed by atoms with Gasteiger partial charge in [0.15, 0.2) is 11.5 Å². The Hall–Kier alpha value is -2.61. The van der Waals surface area contributed by atoms with E-state index in [4.69, 9.17) is 9.47 Å². The number of amides is 2. The topological polar surface area (TPSA) is 67.9 Å². The van der Waals surface area contributed by atoms with E-state index in [1.54, 1.807) is 29.2 Å². The maximum Gasteiger partial charge on any atom is 0.256 e. The highest BCUT2D eigenvalue weighted by Crippen LogP contribution is 2.34. The highest BCUT2D eigenvalue weighted by molar-refractivity contribution is 9.10. The maximum absolute atomic E-state index is 14.0. The molecule has 4 rings (SSSR count). The number of fused-ring (bicyclic) bond motifs is 1. The minimum atomic E-state index is -0.545. The van der Waals surface area contributed by atoms with Crippen molar-refractivity contribution >= 4 is 33.4 Å². The van der Waals surface area contributed by atoms with E-state index in [2.05, 4.69) is 21.2 Å². The summed E-state index contributed by atoms with van der Waals surface area (Å²) in [5.41, 5.74) is 0.682. The first-order valence-electron chi connectivity index (χ1n) is 8.96. The molecular weight excluding hydrogens is 431 g/mol. The third-order valence-electron chi connectivity index (χ3n) is 4.95. The number of hydrogen-bond donors (Lipinski definition) is 1. The van der Waals surface area contributed by atoms with E-state index < -0.39 is 5.82 Å². The number of carbonyl (C=O) groups excluding carboxylic acids is 2. The summed E-state index contributed by atoms with van der Waals surface area (Å²) in [6.07, 6.45) is 1.05. The van der Waals surface area contributed by atoms with Crippen LogP contribution in [0.2, 0.25) is 0 Å². The highest BCUT2D eigenvalue weighted by Gasteiger charge is 2.29. The minimum Gasteiger partial charge on any atom is -0.454 e. The van der Waals surface area contributed by atoms with E-state index in [9.17, 15) is 14.0 Å². The molecule has 0 radical (unpaired) electrons. The lowest BCUT2D eigenvalue weighted by Crippen LogP contribution is -2.41. The second-order valence-corrected chi connectivity index (χ2v) is 7.66. The molecule has 28 heavy (non-hydrogen) atoms. The summed E-state index contributed by atoms with van der Waals surface area (Å²) < 4.78 is 25.2. The molecule has 2 aromatic carbocycles. The summed E-state index contributed by atoms with van der Waals surface area (Å²) >= 11 is 3.26. The van der Waals surface area contributed by atoms with Gasteiger partial charge in [0.2, 0.25) is 12.7 Å². The number of nitrogens with zero attached hydrogens (tertiary/aromatic N) is 1. The van der Waals surface area contributed by atoms with Crippen molar-refractivity contribution in [1.29, 1.82) is 0 Å². The summed E-state index contributed by atoms with van der Waals surface area (Å²) in [4.78, 5) is 26.7. The molecule has 0 spiro atoms. The average molecular weight is 449 g/mol. The molecule has 146 valence electrons. The Labute approximate surface area is 169 Å². The van der Waals surface area contributed by atoms with Crippen LogP contribution in [0.3, 0.4) is 0 Å². The van der Waals surface area contributed by atoms with Crippen LogP contribution < -0.4 is 14.8 Å². The SMILES string of the molecule is O=C(Nc1ccc2c(c1)OCO2)C1CCN(C(=O)c2cc(Br)ccc2F)CC1. The Kier molecular flexibility index (Phi) is 5.21. The largest absolute Gasteiger partial charge is 0.454 e. The Morgan fingerprint density at radius 1 is 1.07 bits per heavy atom. The highest BCUT2D eigenvalue weighted by atomic mass is 79.9. The van der Waals surface area contributed by atoms with Crippen LogP contribution in [0.15, 0.2) is 40.9 Å².